The van der Waals surface area contributed by atoms with E-state index in [1.54, 1.807) is 37.4 Å². The fourth-order valence-corrected chi connectivity index (χ4v) is 3.62. The zero-order chi connectivity index (χ0) is 15.6. The summed E-state index contributed by atoms with van der Waals surface area (Å²) in [6.45, 7) is 1.94. The van der Waals surface area contributed by atoms with Gasteiger partial charge in [-0.1, -0.05) is 35.3 Å². The van der Waals surface area contributed by atoms with Gasteiger partial charge in [-0.15, -0.1) is 0 Å². The number of benzene rings is 1. The van der Waals surface area contributed by atoms with Crippen LogP contribution in [0.15, 0.2) is 41.4 Å². The topological polar surface area (TPSA) is 50.3 Å². The van der Waals surface area contributed by atoms with Crippen molar-refractivity contribution in [1.29, 1.82) is 0 Å². The number of aromatic nitrogens is 1. The molecule has 0 fully saturated rings. The molecular weight excluding hydrogens is 331 g/mol. The maximum atomic E-state index is 12.6. The van der Waals surface area contributed by atoms with E-state index >= 15 is 0 Å². The molecule has 0 aliphatic carbocycles. The van der Waals surface area contributed by atoms with Crippen LogP contribution in [-0.2, 0) is 16.6 Å². The Morgan fingerprint density at radius 3 is 2.52 bits per heavy atom. The molecule has 0 saturated heterocycles. The summed E-state index contributed by atoms with van der Waals surface area (Å²) in [5.41, 5.74) is 1.41. The zero-order valence-electron chi connectivity index (χ0n) is 11.5. The molecule has 0 unspecified atom stereocenters. The SMILES string of the molecule is Cc1ccc(Cl)cc1S(=O)(=O)N(C)Cc1ccc(Cl)nc1. The number of rotatable bonds is 4. The van der Waals surface area contributed by atoms with Crippen molar-refractivity contribution in [3.05, 3.63) is 57.8 Å². The third kappa shape index (κ3) is 3.74. The average Bonchev–Trinajstić information content (AvgIpc) is 2.43. The zero-order valence-corrected chi connectivity index (χ0v) is 13.9. The van der Waals surface area contributed by atoms with Gasteiger partial charge in [0.15, 0.2) is 0 Å². The van der Waals surface area contributed by atoms with E-state index in [-0.39, 0.29) is 11.4 Å². The number of halogens is 2. The first kappa shape index (κ1) is 16.2. The molecule has 7 heteroatoms. The molecule has 2 rings (SSSR count). The second-order valence-electron chi connectivity index (χ2n) is 4.66. The standard InChI is InChI=1S/C14H14Cl2N2O2S/c1-10-3-5-12(15)7-13(10)21(19,20)18(2)9-11-4-6-14(16)17-8-11/h3-8H,9H2,1-2H3. The Labute approximate surface area is 134 Å². The van der Waals surface area contributed by atoms with Gasteiger partial charge < -0.3 is 0 Å². The highest BCUT2D eigenvalue weighted by molar-refractivity contribution is 7.89. The van der Waals surface area contributed by atoms with Crippen molar-refractivity contribution in [3.63, 3.8) is 0 Å². The Hall–Kier alpha value is -1.14. The molecule has 1 aromatic carbocycles. The predicted octanol–water partition coefficient (Wildman–Crippen LogP) is 3.52. The lowest BCUT2D eigenvalue weighted by Gasteiger charge is -2.18. The van der Waals surface area contributed by atoms with E-state index in [2.05, 4.69) is 4.98 Å². The average molecular weight is 345 g/mol. The first-order valence-electron chi connectivity index (χ1n) is 6.13. The summed E-state index contributed by atoms with van der Waals surface area (Å²) >= 11 is 11.6. The van der Waals surface area contributed by atoms with Crippen LogP contribution >= 0.6 is 23.2 Å². The summed E-state index contributed by atoms with van der Waals surface area (Å²) in [5, 5.41) is 0.760. The molecule has 0 bridgehead atoms. The van der Waals surface area contributed by atoms with Crippen molar-refractivity contribution in [3.8, 4) is 0 Å². The van der Waals surface area contributed by atoms with Gasteiger partial charge in [0, 0.05) is 24.8 Å². The number of hydrogen-bond donors (Lipinski definition) is 0. The minimum Gasteiger partial charge on any atom is -0.244 e. The first-order valence-corrected chi connectivity index (χ1v) is 8.33. The van der Waals surface area contributed by atoms with Gasteiger partial charge in [-0.2, -0.15) is 4.31 Å². The van der Waals surface area contributed by atoms with Crippen molar-refractivity contribution < 1.29 is 8.42 Å². The molecule has 0 N–H and O–H groups in total. The van der Waals surface area contributed by atoms with Gasteiger partial charge in [-0.25, -0.2) is 13.4 Å². The number of nitrogens with zero attached hydrogens (tertiary/aromatic N) is 2. The molecule has 21 heavy (non-hydrogen) atoms. The minimum atomic E-state index is -3.61. The van der Waals surface area contributed by atoms with Gasteiger partial charge in [-0.05, 0) is 36.2 Å². The molecule has 1 aromatic heterocycles. The van der Waals surface area contributed by atoms with Gasteiger partial charge in [0.1, 0.15) is 5.15 Å². The van der Waals surface area contributed by atoms with E-state index in [0.717, 1.165) is 5.56 Å². The summed E-state index contributed by atoms with van der Waals surface area (Å²) in [6.07, 6.45) is 1.55. The number of sulfonamides is 1. The second-order valence-corrected chi connectivity index (χ2v) is 7.50. The Morgan fingerprint density at radius 2 is 1.90 bits per heavy atom. The molecule has 112 valence electrons. The van der Waals surface area contributed by atoms with E-state index in [0.29, 0.717) is 15.7 Å². The van der Waals surface area contributed by atoms with Crippen LogP contribution in [0.4, 0.5) is 0 Å². The lowest BCUT2D eigenvalue weighted by molar-refractivity contribution is 0.466. The summed E-state index contributed by atoms with van der Waals surface area (Å²) in [5.74, 6) is 0. The highest BCUT2D eigenvalue weighted by Crippen LogP contribution is 2.24. The number of hydrogen-bond acceptors (Lipinski definition) is 3. The molecule has 0 radical (unpaired) electrons. The van der Waals surface area contributed by atoms with Crippen LogP contribution in [0, 0.1) is 6.92 Å². The number of aryl methyl sites for hydroxylation is 1. The van der Waals surface area contributed by atoms with E-state index < -0.39 is 10.0 Å². The molecule has 0 saturated carbocycles. The quantitative estimate of drug-likeness (QED) is 0.797. The van der Waals surface area contributed by atoms with Crippen LogP contribution in [-0.4, -0.2) is 24.8 Å². The first-order chi connectivity index (χ1) is 9.80. The van der Waals surface area contributed by atoms with Gasteiger partial charge >= 0.3 is 0 Å². The van der Waals surface area contributed by atoms with E-state index in [9.17, 15) is 8.42 Å². The third-order valence-electron chi connectivity index (χ3n) is 3.03. The van der Waals surface area contributed by atoms with Gasteiger partial charge in [-0.3, -0.25) is 0 Å². The Bertz CT molecular complexity index is 746. The van der Waals surface area contributed by atoms with Crippen LogP contribution in [0.3, 0.4) is 0 Å². The van der Waals surface area contributed by atoms with Gasteiger partial charge in [0.25, 0.3) is 0 Å². The van der Waals surface area contributed by atoms with E-state index in [4.69, 9.17) is 23.2 Å². The molecule has 2 aromatic rings. The Morgan fingerprint density at radius 1 is 1.19 bits per heavy atom. The van der Waals surface area contributed by atoms with Gasteiger partial charge in [0.2, 0.25) is 10.0 Å². The van der Waals surface area contributed by atoms with Crippen molar-refractivity contribution in [2.24, 2.45) is 0 Å². The lowest BCUT2D eigenvalue weighted by Crippen LogP contribution is -2.27. The largest absolute Gasteiger partial charge is 0.244 e. The summed E-state index contributed by atoms with van der Waals surface area (Å²) in [4.78, 5) is 4.15. The van der Waals surface area contributed by atoms with Crippen LogP contribution in [0.2, 0.25) is 10.2 Å². The fourth-order valence-electron chi connectivity index (χ4n) is 1.86. The fraction of sp³-hybridized carbons (Fsp3) is 0.214. The maximum absolute atomic E-state index is 12.6. The summed E-state index contributed by atoms with van der Waals surface area (Å²) in [7, 11) is -2.09. The van der Waals surface area contributed by atoms with E-state index in [1.807, 2.05) is 0 Å². The summed E-state index contributed by atoms with van der Waals surface area (Å²) < 4.78 is 26.5. The monoisotopic (exact) mass is 344 g/mol. The molecule has 0 aliphatic rings. The van der Waals surface area contributed by atoms with Crippen molar-refractivity contribution in [1.82, 2.24) is 9.29 Å². The normalized spacial score (nSPS) is 11.9. The highest BCUT2D eigenvalue weighted by Gasteiger charge is 2.23. The molecule has 0 spiro atoms. The Kier molecular flexibility index (Phi) is 4.88. The summed E-state index contributed by atoms with van der Waals surface area (Å²) in [6, 6.07) is 8.18. The van der Waals surface area contributed by atoms with Crippen molar-refractivity contribution in [2.75, 3.05) is 7.05 Å². The van der Waals surface area contributed by atoms with Gasteiger partial charge in [0.05, 0.1) is 4.90 Å². The van der Waals surface area contributed by atoms with Crippen LogP contribution in [0.1, 0.15) is 11.1 Å². The highest BCUT2D eigenvalue weighted by atomic mass is 35.5. The second kappa shape index (κ2) is 6.32. The van der Waals surface area contributed by atoms with E-state index in [1.165, 1.54) is 17.4 Å². The molecule has 0 amide bonds. The molecular formula is C14H14Cl2N2O2S. The van der Waals surface area contributed by atoms with Crippen molar-refractivity contribution >= 4 is 33.2 Å². The van der Waals surface area contributed by atoms with Crippen LogP contribution < -0.4 is 0 Å². The molecule has 0 aliphatic heterocycles. The lowest BCUT2D eigenvalue weighted by atomic mass is 10.2. The van der Waals surface area contributed by atoms with Crippen LogP contribution in [0.25, 0.3) is 0 Å². The predicted molar refractivity (Wildman–Crippen MR) is 84.1 cm³/mol. The molecule has 0 atom stereocenters. The smallest absolute Gasteiger partial charge is 0.243 e. The Balaban J connectivity index is 2.30. The maximum Gasteiger partial charge on any atom is 0.243 e. The minimum absolute atomic E-state index is 0.207. The third-order valence-corrected chi connectivity index (χ3v) is 5.44. The van der Waals surface area contributed by atoms with Crippen molar-refractivity contribution in [2.45, 2.75) is 18.4 Å². The molecule has 1 heterocycles. The van der Waals surface area contributed by atoms with Crippen LogP contribution in [0.5, 0.6) is 0 Å². The number of pyridine rings is 1. The molecule has 4 nitrogen and oxygen atoms in total.